The molecule has 2 saturated heterocycles. The molecule has 0 saturated carbocycles. The van der Waals surface area contributed by atoms with Crippen LogP contribution in [0.5, 0.6) is 5.75 Å². The van der Waals surface area contributed by atoms with Gasteiger partial charge in [-0.05, 0) is 49.1 Å². The van der Waals surface area contributed by atoms with E-state index in [1.54, 1.807) is 24.5 Å². The third-order valence-electron chi connectivity index (χ3n) is 9.16. The first kappa shape index (κ1) is 32.0. The minimum Gasteiger partial charge on any atom is -0.497 e. The largest absolute Gasteiger partial charge is 0.497 e. The number of aromatic nitrogens is 2. The summed E-state index contributed by atoms with van der Waals surface area (Å²) in [6, 6.07) is 15.9. The lowest BCUT2D eigenvalue weighted by atomic mass is 9.85. The maximum atomic E-state index is 14.1. The number of methoxy groups -OCH3 is 1. The lowest BCUT2D eigenvalue weighted by molar-refractivity contribution is -0.141. The third-order valence-corrected chi connectivity index (χ3v) is 9.16. The maximum Gasteiger partial charge on any atom is 0.250 e. The Labute approximate surface area is 265 Å². The smallest absolute Gasteiger partial charge is 0.250 e. The normalized spacial score (nSPS) is 17.4. The maximum absolute atomic E-state index is 14.1. The van der Waals surface area contributed by atoms with E-state index in [9.17, 15) is 14.4 Å². The number of benzene rings is 2. The van der Waals surface area contributed by atoms with Gasteiger partial charge in [0.2, 0.25) is 17.7 Å². The van der Waals surface area contributed by atoms with Crippen molar-refractivity contribution in [2.45, 2.75) is 63.1 Å². The molecule has 0 radical (unpaired) electrons. The standard InChI is InChI=1S/C34H45N7O4/c1-4-5-17-40-24-41(26-9-7-6-8-10-26)34(33(40)44)15-18-39(19-16-34)32(43)30(20-25-11-13-28(45-3)14-12-25)37-31(42)29(35)21-27-22-36-23-38(27)2/h6-14,22-23,29-30H,4-5,15-21,24,35H2,1-3H3,(H,37,42)/t29?,30-/m1/s1. The number of hydrogen-bond acceptors (Lipinski definition) is 7. The number of hydrogen-bond donors (Lipinski definition) is 2. The Morgan fingerprint density at radius 3 is 2.40 bits per heavy atom. The molecule has 3 aromatic rings. The molecule has 1 aromatic heterocycles. The van der Waals surface area contributed by atoms with Crippen molar-refractivity contribution < 1.29 is 19.1 Å². The second kappa shape index (κ2) is 14.2. The SMILES string of the molecule is CCCCN1CN(c2ccccc2)C2(CCN(C(=O)[C@@H](Cc3ccc(OC)cc3)NC(=O)C(N)Cc3cncn3C)CC2)C1=O. The summed E-state index contributed by atoms with van der Waals surface area (Å²) < 4.78 is 7.12. The Balaban J connectivity index is 1.33. The molecule has 1 spiro atoms. The number of aryl methyl sites for hydroxylation is 1. The van der Waals surface area contributed by atoms with Crippen LogP contribution in [-0.4, -0.2) is 88.1 Å². The third kappa shape index (κ3) is 6.98. The average molecular weight is 616 g/mol. The molecular formula is C34H45N7O4. The lowest BCUT2D eigenvalue weighted by Crippen LogP contribution is -2.60. The molecule has 45 heavy (non-hydrogen) atoms. The number of nitrogens with zero attached hydrogens (tertiary/aromatic N) is 5. The van der Waals surface area contributed by atoms with Crippen LogP contribution in [-0.2, 0) is 34.3 Å². The van der Waals surface area contributed by atoms with Gasteiger partial charge in [0.15, 0.2) is 0 Å². The highest BCUT2D eigenvalue weighted by atomic mass is 16.5. The number of likely N-dealkylation sites (tertiary alicyclic amines) is 1. The van der Waals surface area contributed by atoms with E-state index in [2.05, 4.69) is 22.1 Å². The topological polar surface area (TPSA) is 126 Å². The Hall–Kier alpha value is -4.38. The summed E-state index contributed by atoms with van der Waals surface area (Å²) in [5.41, 5.74) is 8.33. The van der Waals surface area contributed by atoms with Crippen LogP contribution in [0.25, 0.3) is 0 Å². The first-order valence-electron chi connectivity index (χ1n) is 15.8. The minimum atomic E-state index is -0.846. The summed E-state index contributed by atoms with van der Waals surface area (Å²) in [7, 11) is 3.45. The molecule has 2 aromatic carbocycles. The second-order valence-corrected chi connectivity index (χ2v) is 12.1. The molecule has 1 unspecified atom stereocenters. The highest BCUT2D eigenvalue weighted by Gasteiger charge is 2.54. The van der Waals surface area contributed by atoms with Crippen LogP contribution in [0.2, 0.25) is 0 Å². The van der Waals surface area contributed by atoms with Gasteiger partial charge in [0.25, 0.3) is 0 Å². The Morgan fingerprint density at radius 1 is 1.07 bits per heavy atom. The fourth-order valence-electron chi connectivity index (χ4n) is 6.41. The summed E-state index contributed by atoms with van der Waals surface area (Å²) in [5.74, 6) is 0.268. The van der Waals surface area contributed by atoms with Crippen LogP contribution in [0.15, 0.2) is 67.1 Å². The molecule has 2 atom stereocenters. The zero-order chi connectivity index (χ0) is 32.0. The van der Waals surface area contributed by atoms with Crippen LogP contribution in [0, 0.1) is 0 Å². The van der Waals surface area contributed by atoms with Crippen molar-refractivity contribution in [1.29, 1.82) is 0 Å². The van der Waals surface area contributed by atoms with E-state index in [4.69, 9.17) is 10.5 Å². The summed E-state index contributed by atoms with van der Waals surface area (Å²) in [5, 5.41) is 2.96. The van der Waals surface area contributed by atoms with Crippen LogP contribution in [0.4, 0.5) is 5.69 Å². The van der Waals surface area contributed by atoms with Gasteiger partial charge in [-0.15, -0.1) is 0 Å². The monoisotopic (exact) mass is 615 g/mol. The molecule has 240 valence electrons. The second-order valence-electron chi connectivity index (χ2n) is 12.1. The molecule has 2 aliphatic heterocycles. The number of ether oxygens (including phenoxy) is 1. The number of para-hydroxylation sites is 1. The van der Waals surface area contributed by atoms with Crippen molar-refractivity contribution in [2.75, 3.05) is 38.3 Å². The number of unbranched alkanes of at least 4 members (excludes halogenated alkanes) is 1. The van der Waals surface area contributed by atoms with E-state index in [-0.39, 0.29) is 11.8 Å². The van der Waals surface area contributed by atoms with Gasteiger partial charge in [0.05, 0.1) is 26.1 Å². The first-order chi connectivity index (χ1) is 21.8. The molecule has 3 N–H and O–H groups in total. The number of nitrogens with two attached hydrogens (primary N) is 1. The molecule has 0 aliphatic carbocycles. The predicted molar refractivity (Wildman–Crippen MR) is 172 cm³/mol. The molecule has 3 amide bonds. The number of amides is 3. The number of nitrogens with one attached hydrogen (secondary N) is 1. The molecular weight excluding hydrogens is 570 g/mol. The molecule has 3 heterocycles. The Kier molecular flexibility index (Phi) is 10.1. The number of carbonyl (C=O) groups excluding carboxylic acids is 3. The number of carbonyl (C=O) groups is 3. The van der Waals surface area contributed by atoms with E-state index < -0.39 is 23.5 Å². The quantitative estimate of drug-likeness (QED) is 0.321. The van der Waals surface area contributed by atoms with E-state index in [0.29, 0.717) is 51.2 Å². The fraction of sp³-hybridized carbons (Fsp3) is 0.471. The van der Waals surface area contributed by atoms with Gasteiger partial charge in [0.1, 0.15) is 17.3 Å². The van der Waals surface area contributed by atoms with Gasteiger partial charge in [-0.3, -0.25) is 14.4 Å². The first-order valence-corrected chi connectivity index (χ1v) is 15.8. The van der Waals surface area contributed by atoms with Crippen LogP contribution in [0.3, 0.4) is 0 Å². The van der Waals surface area contributed by atoms with E-state index in [1.807, 2.05) is 71.1 Å². The van der Waals surface area contributed by atoms with Crippen molar-refractivity contribution in [3.05, 3.63) is 78.4 Å². The zero-order valence-electron chi connectivity index (χ0n) is 26.5. The van der Waals surface area contributed by atoms with Gasteiger partial charge in [-0.2, -0.15) is 0 Å². The van der Waals surface area contributed by atoms with Crippen molar-refractivity contribution in [3.63, 3.8) is 0 Å². The number of anilines is 1. The van der Waals surface area contributed by atoms with Gasteiger partial charge >= 0.3 is 0 Å². The van der Waals surface area contributed by atoms with Gasteiger partial charge in [0, 0.05) is 57.1 Å². The molecule has 11 heteroatoms. The van der Waals surface area contributed by atoms with Gasteiger partial charge in [-0.25, -0.2) is 4.98 Å². The van der Waals surface area contributed by atoms with E-state index >= 15 is 0 Å². The van der Waals surface area contributed by atoms with Crippen LogP contribution in [0.1, 0.15) is 43.9 Å². The zero-order valence-corrected chi connectivity index (χ0v) is 26.5. The lowest BCUT2D eigenvalue weighted by Gasteiger charge is -2.44. The number of rotatable bonds is 12. The van der Waals surface area contributed by atoms with Crippen molar-refractivity contribution in [1.82, 2.24) is 24.7 Å². The average Bonchev–Trinajstić information content (AvgIpc) is 3.59. The molecule has 2 fully saturated rings. The van der Waals surface area contributed by atoms with E-state index in [1.165, 1.54) is 0 Å². The van der Waals surface area contributed by atoms with Crippen molar-refractivity contribution in [3.8, 4) is 5.75 Å². The minimum absolute atomic E-state index is 0.135. The number of piperidine rings is 1. The summed E-state index contributed by atoms with van der Waals surface area (Å²) >= 11 is 0. The Bertz CT molecular complexity index is 1450. The van der Waals surface area contributed by atoms with Crippen molar-refractivity contribution >= 4 is 23.4 Å². The van der Waals surface area contributed by atoms with Crippen LogP contribution >= 0.6 is 0 Å². The van der Waals surface area contributed by atoms with Crippen molar-refractivity contribution in [2.24, 2.45) is 12.8 Å². The molecule has 2 aliphatic rings. The van der Waals surface area contributed by atoms with Gasteiger partial charge < -0.3 is 35.1 Å². The molecule has 11 nitrogen and oxygen atoms in total. The highest BCUT2D eigenvalue weighted by Crippen LogP contribution is 2.39. The molecule has 0 bridgehead atoms. The predicted octanol–water partition coefficient (Wildman–Crippen LogP) is 2.49. The summed E-state index contributed by atoms with van der Waals surface area (Å²) in [6.45, 7) is 4.21. The fourth-order valence-corrected chi connectivity index (χ4v) is 6.41. The molecule has 5 rings (SSSR count). The Morgan fingerprint density at radius 2 is 1.78 bits per heavy atom. The summed E-state index contributed by atoms with van der Waals surface area (Å²) in [4.78, 5) is 51.5. The van der Waals surface area contributed by atoms with E-state index in [0.717, 1.165) is 36.3 Å². The highest BCUT2D eigenvalue weighted by molar-refractivity contribution is 5.94. The summed E-state index contributed by atoms with van der Waals surface area (Å²) in [6.07, 6.45) is 6.93. The van der Waals surface area contributed by atoms with Crippen LogP contribution < -0.4 is 20.7 Å². The number of imidazole rings is 1. The van der Waals surface area contributed by atoms with Gasteiger partial charge in [-0.1, -0.05) is 43.7 Å².